The van der Waals surface area contributed by atoms with Gasteiger partial charge in [-0.1, -0.05) is 38.5 Å². The average Bonchev–Trinajstić information content (AvgIpc) is 2.43. The number of anilines is 1. The fraction of sp³-hybridized carbons (Fsp3) is 0.600. The number of hydrogen-bond donors (Lipinski definition) is 2. The fourth-order valence-corrected chi connectivity index (χ4v) is 2.06. The molecule has 2 N–H and O–H groups in total. The number of aliphatic hydroxyl groups excluding tert-OH is 1. The molecule has 0 radical (unpaired) electrons. The molecule has 0 bridgehead atoms. The van der Waals surface area contributed by atoms with Gasteiger partial charge < -0.3 is 15.3 Å². The minimum atomic E-state index is 0.145. The Balaban J connectivity index is 2.65. The van der Waals surface area contributed by atoms with Gasteiger partial charge in [0.2, 0.25) is 0 Å². The Labute approximate surface area is 111 Å². The first-order valence-corrected chi connectivity index (χ1v) is 6.96. The van der Waals surface area contributed by atoms with Crippen molar-refractivity contribution in [3.05, 3.63) is 30.3 Å². The zero-order valence-corrected chi connectivity index (χ0v) is 11.6. The van der Waals surface area contributed by atoms with Crippen molar-refractivity contribution in [3.63, 3.8) is 0 Å². The van der Waals surface area contributed by atoms with Crippen LogP contribution >= 0.6 is 0 Å². The predicted molar refractivity (Wildman–Crippen MR) is 78.1 cm³/mol. The van der Waals surface area contributed by atoms with Crippen molar-refractivity contribution >= 4 is 5.69 Å². The summed E-state index contributed by atoms with van der Waals surface area (Å²) in [5, 5.41) is 12.7. The smallest absolute Gasteiger partial charge is 0.0601 e. The van der Waals surface area contributed by atoms with Gasteiger partial charge in [-0.3, -0.25) is 0 Å². The van der Waals surface area contributed by atoms with Gasteiger partial charge in [-0.15, -0.1) is 0 Å². The van der Waals surface area contributed by atoms with Gasteiger partial charge in [0.1, 0.15) is 0 Å². The average molecular weight is 250 g/mol. The summed E-state index contributed by atoms with van der Waals surface area (Å²) in [6.45, 7) is 7.25. The van der Waals surface area contributed by atoms with Gasteiger partial charge in [0, 0.05) is 24.8 Å². The monoisotopic (exact) mass is 250 g/mol. The van der Waals surface area contributed by atoms with Crippen molar-refractivity contribution in [2.75, 3.05) is 31.1 Å². The first-order chi connectivity index (χ1) is 8.81. The van der Waals surface area contributed by atoms with Crippen molar-refractivity contribution in [2.45, 2.75) is 32.7 Å². The molecule has 0 saturated carbocycles. The minimum Gasteiger partial charge on any atom is -0.395 e. The molecule has 1 rings (SSSR count). The number of para-hydroxylation sites is 1. The van der Waals surface area contributed by atoms with Crippen molar-refractivity contribution < 1.29 is 5.11 Å². The Morgan fingerprint density at radius 3 is 2.50 bits per heavy atom. The topological polar surface area (TPSA) is 35.5 Å². The van der Waals surface area contributed by atoms with Crippen LogP contribution < -0.4 is 10.2 Å². The van der Waals surface area contributed by atoms with Crippen LogP contribution in [0.2, 0.25) is 0 Å². The van der Waals surface area contributed by atoms with E-state index in [1.807, 2.05) is 6.07 Å². The molecule has 1 unspecified atom stereocenters. The van der Waals surface area contributed by atoms with Crippen LogP contribution in [0.4, 0.5) is 5.69 Å². The minimum absolute atomic E-state index is 0.145. The highest BCUT2D eigenvalue weighted by Crippen LogP contribution is 2.14. The molecule has 1 aromatic rings. The van der Waals surface area contributed by atoms with Crippen LogP contribution in [0.15, 0.2) is 30.3 Å². The lowest BCUT2D eigenvalue weighted by Crippen LogP contribution is -2.43. The van der Waals surface area contributed by atoms with E-state index < -0.39 is 0 Å². The molecule has 1 atom stereocenters. The zero-order chi connectivity index (χ0) is 13.2. The summed E-state index contributed by atoms with van der Waals surface area (Å²) < 4.78 is 0. The SMILES string of the molecule is CCCCN(CC(CO)NCC)c1ccccc1. The maximum absolute atomic E-state index is 9.39. The maximum Gasteiger partial charge on any atom is 0.0601 e. The van der Waals surface area contributed by atoms with E-state index in [4.69, 9.17) is 0 Å². The molecule has 18 heavy (non-hydrogen) atoms. The summed E-state index contributed by atoms with van der Waals surface area (Å²) in [7, 11) is 0. The summed E-state index contributed by atoms with van der Waals surface area (Å²) in [5.74, 6) is 0. The molecule has 0 heterocycles. The van der Waals surface area contributed by atoms with E-state index in [2.05, 4.69) is 48.3 Å². The molecule has 1 aromatic carbocycles. The van der Waals surface area contributed by atoms with Gasteiger partial charge in [0.25, 0.3) is 0 Å². The van der Waals surface area contributed by atoms with Crippen LogP contribution in [0.5, 0.6) is 0 Å². The van der Waals surface area contributed by atoms with Crippen LogP contribution in [-0.4, -0.2) is 37.4 Å². The van der Waals surface area contributed by atoms with Crippen LogP contribution in [0, 0.1) is 0 Å². The van der Waals surface area contributed by atoms with Crippen LogP contribution in [0.1, 0.15) is 26.7 Å². The molecule has 0 fully saturated rings. The third-order valence-electron chi connectivity index (χ3n) is 3.06. The predicted octanol–water partition coefficient (Wildman–Crippen LogP) is 2.26. The van der Waals surface area contributed by atoms with E-state index in [-0.39, 0.29) is 12.6 Å². The number of hydrogen-bond acceptors (Lipinski definition) is 3. The van der Waals surface area contributed by atoms with E-state index in [9.17, 15) is 5.11 Å². The summed E-state index contributed by atoms with van der Waals surface area (Å²) in [6.07, 6.45) is 2.37. The zero-order valence-electron chi connectivity index (χ0n) is 11.6. The lowest BCUT2D eigenvalue weighted by Gasteiger charge is -2.29. The highest BCUT2D eigenvalue weighted by Gasteiger charge is 2.12. The maximum atomic E-state index is 9.39. The van der Waals surface area contributed by atoms with E-state index in [0.717, 1.165) is 19.6 Å². The second-order valence-corrected chi connectivity index (χ2v) is 4.57. The van der Waals surface area contributed by atoms with E-state index in [0.29, 0.717) is 0 Å². The third-order valence-corrected chi connectivity index (χ3v) is 3.06. The lowest BCUT2D eigenvalue weighted by molar-refractivity contribution is 0.245. The quantitative estimate of drug-likeness (QED) is 0.706. The summed E-state index contributed by atoms with van der Waals surface area (Å²) in [5.41, 5.74) is 1.24. The second kappa shape index (κ2) is 8.95. The van der Waals surface area contributed by atoms with Gasteiger partial charge >= 0.3 is 0 Å². The first kappa shape index (κ1) is 15.0. The van der Waals surface area contributed by atoms with Crippen molar-refractivity contribution in [3.8, 4) is 0 Å². The normalized spacial score (nSPS) is 12.4. The van der Waals surface area contributed by atoms with E-state index >= 15 is 0 Å². The number of likely N-dealkylation sites (N-methyl/N-ethyl adjacent to an activating group) is 1. The van der Waals surface area contributed by atoms with E-state index in [1.54, 1.807) is 0 Å². The molecule has 3 nitrogen and oxygen atoms in total. The Kier molecular flexibility index (Phi) is 7.46. The molecule has 0 spiro atoms. The van der Waals surface area contributed by atoms with Crippen LogP contribution in [0.3, 0.4) is 0 Å². The number of rotatable bonds is 9. The molecule has 0 saturated heterocycles. The molecule has 102 valence electrons. The third kappa shape index (κ3) is 5.07. The Morgan fingerprint density at radius 1 is 1.22 bits per heavy atom. The van der Waals surface area contributed by atoms with Crippen molar-refractivity contribution in [2.24, 2.45) is 0 Å². The van der Waals surface area contributed by atoms with Crippen molar-refractivity contribution in [1.29, 1.82) is 0 Å². The molecule has 0 amide bonds. The molecule has 0 aliphatic carbocycles. The number of aliphatic hydroxyl groups is 1. The summed E-state index contributed by atoms with van der Waals surface area (Å²) in [4.78, 5) is 2.35. The van der Waals surface area contributed by atoms with Gasteiger partial charge in [-0.25, -0.2) is 0 Å². The Morgan fingerprint density at radius 2 is 1.94 bits per heavy atom. The molecule has 0 aliphatic rings. The number of nitrogens with one attached hydrogen (secondary N) is 1. The molecular weight excluding hydrogens is 224 g/mol. The van der Waals surface area contributed by atoms with Gasteiger partial charge in [0.15, 0.2) is 0 Å². The van der Waals surface area contributed by atoms with Gasteiger partial charge in [-0.05, 0) is 25.1 Å². The Bertz CT molecular complexity index is 303. The molecular formula is C15H26N2O. The summed E-state index contributed by atoms with van der Waals surface area (Å²) >= 11 is 0. The van der Waals surface area contributed by atoms with E-state index in [1.165, 1.54) is 18.5 Å². The highest BCUT2D eigenvalue weighted by molar-refractivity contribution is 5.46. The van der Waals surface area contributed by atoms with Gasteiger partial charge in [0.05, 0.1) is 6.61 Å². The molecule has 3 heteroatoms. The van der Waals surface area contributed by atoms with Crippen LogP contribution in [-0.2, 0) is 0 Å². The number of benzene rings is 1. The Hall–Kier alpha value is -1.06. The lowest BCUT2D eigenvalue weighted by atomic mass is 10.2. The first-order valence-electron chi connectivity index (χ1n) is 6.96. The highest BCUT2D eigenvalue weighted by atomic mass is 16.3. The number of unbranched alkanes of at least 4 members (excludes halogenated alkanes) is 1. The van der Waals surface area contributed by atoms with Crippen LogP contribution in [0.25, 0.3) is 0 Å². The molecule has 0 aliphatic heterocycles. The molecule has 0 aromatic heterocycles. The van der Waals surface area contributed by atoms with Gasteiger partial charge in [-0.2, -0.15) is 0 Å². The second-order valence-electron chi connectivity index (χ2n) is 4.57. The largest absolute Gasteiger partial charge is 0.395 e. The standard InChI is InChI=1S/C15H26N2O/c1-3-5-11-17(12-14(13-18)16-4-2)15-9-7-6-8-10-15/h6-10,14,16,18H,3-5,11-13H2,1-2H3. The van der Waals surface area contributed by atoms with Crippen molar-refractivity contribution in [1.82, 2.24) is 5.32 Å². The fourth-order valence-electron chi connectivity index (χ4n) is 2.06. The number of nitrogens with zero attached hydrogens (tertiary/aromatic N) is 1. The summed E-state index contributed by atoms with van der Waals surface area (Å²) in [6, 6.07) is 10.6.